The Morgan fingerprint density at radius 2 is 2.20 bits per heavy atom. The van der Waals surface area contributed by atoms with Crippen LogP contribution in [0.4, 0.5) is 5.69 Å². The number of carboxylic acid groups (broad SMARTS) is 1. The number of aliphatic carboxylic acids is 1. The first kappa shape index (κ1) is 14.7. The first-order valence-corrected chi connectivity index (χ1v) is 6.92. The Labute approximate surface area is 122 Å². The van der Waals surface area contributed by atoms with E-state index in [1.807, 2.05) is 4.90 Å². The summed E-state index contributed by atoms with van der Waals surface area (Å²) >= 11 is 6.04. The number of carboxylic acids is 1. The van der Waals surface area contributed by atoms with Crippen molar-refractivity contribution in [2.75, 3.05) is 18.0 Å². The van der Waals surface area contributed by atoms with Gasteiger partial charge in [-0.15, -0.1) is 0 Å². The molecule has 1 atom stereocenters. The van der Waals surface area contributed by atoms with Crippen LogP contribution in [0.3, 0.4) is 0 Å². The number of benzene rings is 1. The van der Waals surface area contributed by atoms with Crippen molar-refractivity contribution < 1.29 is 14.7 Å². The molecule has 3 N–H and O–H groups in total. The van der Waals surface area contributed by atoms with Crippen molar-refractivity contribution in [3.63, 3.8) is 0 Å². The van der Waals surface area contributed by atoms with E-state index in [4.69, 9.17) is 22.4 Å². The van der Waals surface area contributed by atoms with Crippen LogP contribution in [0.25, 0.3) is 0 Å². The quantitative estimate of drug-likeness (QED) is 0.891. The summed E-state index contributed by atoms with van der Waals surface area (Å²) in [5, 5.41) is 9.22. The number of nitrogens with two attached hydrogens (primary N) is 1. The van der Waals surface area contributed by atoms with E-state index in [0.717, 1.165) is 19.4 Å². The standard InChI is InChI=1S/C14H17ClN2O3/c15-10-4-1-5-11(13(10)14(16)20)17-6-2-3-9(8-17)7-12(18)19/h1,4-5,9H,2-3,6-8H2,(H2,16,20)(H,18,19). The van der Waals surface area contributed by atoms with Gasteiger partial charge in [0.05, 0.1) is 16.3 Å². The molecule has 0 aromatic heterocycles. The number of piperidine rings is 1. The molecule has 0 bridgehead atoms. The van der Waals surface area contributed by atoms with Crippen LogP contribution < -0.4 is 10.6 Å². The van der Waals surface area contributed by atoms with Crippen molar-refractivity contribution in [1.82, 2.24) is 0 Å². The van der Waals surface area contributed by atoms with Gasteiger partial charge in [0.15, 0.2) is 0 Å². The summed E-state index contributed by atoms with van der Waals surface area (Å²) in [6.07, 6.45) is 1.92. The molecule has 1 saturated heterocycles. The van der Waals surface area contributed by atoms with Gasteiger partial charge >= 0.3 is 5.97 Å². The monoisotopic (exact) mass is 296 g/mol. The molecule has 5 nitrogen and oxygen atoms in total. The molecule has 0 aliphatic carbocycles. The zero-order valence-electron chi connectivity index (χ0n) is 11.0. The Bertz CT molecular complexity index is 533. The smallest absolute Gasteiger partial charge is 0.303 e. The van der Waals surface area contributed by atoms with Crippen molar-refractivity contribution in [3.8, 4) is 0 Å². The van der Waals surface area contributed by atoms with Gasteiger partial charge in [-0.25, -0.2) is 0 Å². The number of carbonyl (C=O) groups excluding carboxylic acids is 1. The molecule has 6 heteroatoms. The fourth-order valence-corrected chi connectivity index (χ4v) is 2.98. The SMILES string of the molecule is NC(=O)c1c(Cl)cccc1N1CCCC(CC(=O)O)C1. The van der Waals surface area contributed by atoms with Gasteiger partial charge in [0.25, 0.3) is 5.91 Å². The molecule has 108 valence electrons. The van der Waals surface area contributed by atoms with Crippen molar-refractivity contribution in [3.05, 3.63) is 28.8 Å². The van der Waals surface area contributed by atoms with Gasteiger partial charge in [-0.1, -0.05) is 17.7 Å². The van der Waals surface area contributed by atoms with E-state index in [9.17, 15) is 9.59 Å². The number of anilines is 1. The highest BCUT2D eigenvalue weighted by Crippen LogP contribution is 2.31. The lowest BCUT2D eigenvalue weighted by Crippen LogP contribution is -2.37. The van der Waals surface area contributed by atoms with E-state index in [2.05, 4.69) is 0 Å². The van der Waals surface area contributed by atoms with Crippen LogP contribution >= 0.6 is 11.6 Å². The molecule has 1 heterocycles. The summed E-state index contributed by atoms with van der Waals surface area (Å²) in [5.74, 6) is -1.27. The fraction of sp³-hybridized carbons (Fsp3) is 0.429. The Morgan fingerprint density at radius 3 is 2.85 bits per heavy atom. The summed E-state index contributed by atoms with van der Waals surface area (Å²) in [7, 11) is 0. The van der Waals surface area contributed by atoms with E-state index in [1.165, 1.54) is 0 Å². The molecule has 1 amide bonds. The molecular formula is C14H17ClN2O3. The zero-order chi connectivity index (χ0) is 14.7. The maximum Gasteiger partial charge on any atom is 0.303 e. The molecule has 1 aromatic rings. The number of halogens is 1. The van der Waals surface area contributed by atoms with E-state index in [-0.39, 0.29) is 12.3 Å². The lowest BCUT2D eigenvalue weighted by atomic mass is 9.94. The predicted molar refractivity (Wildman–Crippen MR) is 77.2 cm³/mol. The minimum Gasteiger partial charge on any atom is -0.481 e. The molecule has 20 heavy (non-hydrogen) atoms. The van der Waals surface area contributed by atoms with Crippen LogP contribution in [0.15, 0.2) is 18.2 Å². The van der Waals surface area contributed by atoms with E-state index >= 15 is 0 Å². The third kappa shape index (κ3) is 3.22. The van der Waals surface area contributed by atoms with Crippen LogP contribution in [-0.4, -0.2) is 30.1 Å². The molecule has 2 rings (SSSR count). The minimum absolute atomic E-state index is 0.0842. The summed E-state index contributed by atoms with van der Waals surface area (Å²) in [6.45, 7) is 1.38. The molecule has 1 aliphatic rings. The molecule has 0 saturated carbocycles. The number of hydrogen-bond donors (Lipinski definition) is 2. The van der Waals surface area contributed by atoms with Crippen LogP contribution in [0.2, 0.25) is 5.02 Å². The van der Waals surface area contributed by atoms with Crippen LogP contribution in [0, 0.1) is 5.92 Å². The van der Waals surface area contributed by atoms with Gasteiger partial charge in [-0.3, -0.25) is 9.59 Å². The van der Waals surface area contributed by atoms with Crippen LogP contribution in [0.5, 0.6) is 0 Å². The van der Waals surface area contributed by atoms with Crippen LogP contribution in [-0.2, 0) is 4.79 Å². The molecule has 0 radical (unpaired) electrons. The highest BCUT2D eigenvalue weighted by atomic mass is 35.5. The normalized spacial score (nSPS) is 18.9. The molecule has 1 aliphatic heterocycles. The summed E-state index contributed by atoms with van der Waals surface area (Å²) in [6, 6.07) is 5.20. The molecular weight excluding hydrogens is 280 g/mol. The summed E-state index contributed by atoms with van der Waals surface area (Å²) in [5.41, 5.74) is 6.40. The first-order valence-electron chi connectivity index (χ1n) is 6.54. The Kier molecular flexibility index (Phi) is 4.49. The molecule has 1 aromatic carbocycles. The summed E-state index contributed by atoms with van der Waals surface area (Å²) in [4.78, 5) is 24.4. The van der Waals surface area contributed by atoms with E-state index in [0.29, 0.717) is 22.8 Å². The van der Waals surface area contributed by atoms with Gasteiger partial charge in [0, 0.05) is 19.5 Å². The number of carbonyl (C=O) groups is 2. The van der Waals surface area contributed by atoms with Crippen molar-refractivity contribution >= 4 is 29.2 Å². The number of rotatable bonds is 4. The number of nitrogens with zero attached hydrogens (tertiary/aromatic N) is 1. The van der Waals surface area contributed by atoms with Crippen molar-refractivity contribution in [2.45, 2.75) is 19.3 Å². The Morgan fingerprint density at radius 1 is 1.45 bits per heavy atom. The number of amides is 1. The second-order valence-corrected chi connectivity index (χ2v) is 5.46. The predicted octanol–water partition coefficient (Wildman–Crippen LogP) is 2.13. The van der Waals surface area contributed by atoms with Gasteiger partial charge in [0.1, 0.15) is 0 Å². The topological polar surface area (TPSA) is 83.6 Å². The molecule has 1 fully saturated rings. The minimum atomic E-state index is -0.793. The van der Waals surface area contributed by atoms with Gasteiger partial charge < -0.3 is 15.7 Å². The number of hydrogen-bond acceptors (Lipinski definition) is 3. The van der Waals surface area contributed by atoms with Crippen molar-refractivity contribution in [2.24, 2.45) is 11.7 Å². The van der Waals surface area contributed by atoms with E-state index < -0.39 is 11.9 Å². The highest BCUT2D eigenvalue weighted by molar-refractivity contribution is 6.34. The van der Waals surface area contributed by atoms with Gasteiger partial charge in [-0.2, -0.15) is 0 Å². The largest absolute Gasteiger partial charge is 0.481 e. The first-order chi connectivity index (χ1) is 9.49. The Balaban J connectivity index is 2.25. The zero-order valence-corrected chi connectivity index (χ0v) is 11.8. The van der Waals surface area contributed by atoms with E-state index in [1.54, 1.807) is 18.2 Å². The fourth-order valence-electron chi connectivity index (χ4n) is 2.72. The summed E-state index contributed by atoms with van der Waals surface area (Å²) < 4.78 is 0. The molecule has 1 unspecified atom stereocenters. The maximum absolute atomic E-state index is 11.6. The molecule has 0 spiro atoms. The third-order valence-corrected chi connectivity index (χ3v) is 3.88. The lowest BCUT2D eigenvalue weighted by molar-refractivity contribution is -0.138. The maximum atomic E-state index is 11.6. The second-order valence-electron chi connectivity index (χ2n) is 5.05. The second kappa shape index (κ2) is 6.13. The van der Waals surface area contributed by atoms with Gasteiger partial charge in [0.2, 0.25) is 0 Å². The third-order valence-electron chi connectivity index (χ3n) is 3.56. The van der Waals surface area contributed by atoms with Crippen LogP contribution in [0.1, 0.15) is 29.6 Å². The number of primary amides is 1. The average Bonchev–Trinajstić information content (AvgIpc) is 2.37. The van der Waals surface area contributed by atoms with Gasteiger partial charge in [-0.05, 0) is 30.9 Å². The lowest BCUT2D eigenvalue weighted by Gasteiger charge is -2.34. The highest BCUT2D eigenvalue weighted by Gasteiger charge is 2.25. The average molecular weight is 297 g/mol. The van der Waals surface area contributed by atoms with Crippen molar-refractivity contribution in [1.29, 1.82) is 0 Å². The Hall–Kier alpha value is -1.75.